The third kappa shape index (κ3) is 5.33. The van der Waals surface area contributed by atoms with Crippen LogP contribution >= 0.6 is 0 Å². The molecule has 0 atom stereocenters. The van der Waals surface area contributed by atoms with E-state index in [9.17, 15) is 8.42 Å². The number of nitrogens with zero attached hydrogens (tertiary/aromatic N) is 1. The fourth-order valence-electron chi connectivity index (χ4n) is 3.30. The van der Waals surface area contributed by atoms with Crippen LogP contribution in [-0.2, 0) is 10.0 Å². The zero-order valence-electron chi connectivity index (χ0n) is 17.3. The Bertz CT molecular complexity index is 908. The van der Waals surface area contributed by atoms with E-state index in [0.717, 1.165) is 31.9 Å². The summed E-state index contributed by atoms with van der Waals surface area (Å²) in [5.74, 6) is 0.955. The van der Waals surface area contributed by atoms with Gasteiger partial charge in [-0.05, 0) is 50.2 Å². The van der Waals surface area contributed by atoms with Crippen molar-refractivity contribution in [2.75, 3.05) is 56.1 Å². The van der Waals surface area contributed by atoms with Crippen LogP contribution in [0.15, 0.2) is 47.4 Å². The SMILES string of the molecule is CCOc1ccc(S(=O)(=O)Nc2ccc(N3CC[NH+](C)CC3)cc2)cc1OCC. The Labute approximate surface area is 173 Å². The lowest BCUT2D eigenvalue weighted by molar-refractivity contribution is -0.880. The first-order chi connectivity index (χ1) is 13.9. The van der Waals surface area contributed by atoms with E-state index in [1.165, 1.54) is 17.0 Å². The van der Waals surface area contributed by atoms with Crippen LogP contribution in [0.3, 0.4) is 0 Å². The Morgan fingerprint density at radius 3 is 2.21 bits per heavy atom. The standard InChI is InChI=1S/C21H29N3O4S/c1-4-27-20-11-10-19(16-21(20)28-5-2)29(25,26)22-17-6-8-18(9-7-17)24-14-12-23(3)13-15-24/h6-11,16,22H,4-5,12-15H2,1-3H3/p+1. The lowest BCUT2D eigenvalue weighted by Crippen LogP contribution is -3.12. The highest BCUT2D eigenvalue weighted by molar-refractivity contribution is 7.92. The van der Waals surface area contributed by atoms with Crippen molar-refractivity contribution in [2.24, 2.45) is 0 Å². The number of hydrogen-bond acceptors (Lipinski definition) is 5. The highest BCUT2D eigenvalue weighted by Gasteiger charge is 2.19. The van der Waals surface area contributed by atoms with E-state index in [4.69, 9.17) is 9.47 Å². The van der Waals surface area contributed by atoms with E-state index in [2.05, 4.69) is 16.7 Å². The Kier molecular flexibility index (Phi) is 6.87. The second-order valence-electron chi connectivity index (χ2n) is 7.07. The molecule has 0 amide bonds. The van der Waals surface area contributed by atoms with Gasteiger partial charge in [0.2, 0.25) is 0 Å². The van der Waals surface area contributed by atoms with Crippen LogP contribution in [-0.4, -0.2) is 54.9 Å². The lowest BCUT2D eigenvalue weighted by atomic mass is 10.2. The number of nitrogens with one attached hydrogen (secondary N) is 2. The molecule has 0 unspecified atom stereocenters. The van der Waals surface area contributed by atoms with Crippen LogP contribution in [0.1, 0.15) is 13.8 Å². The van der Waals surface area contributed by atoms with Crippen molar-refractivity contribution in [3.05, 3.63) is 42.5 Å². The van der Waals surface area contributed by atoms with Crippen molar-refractivity contribution >= 4 is 21.4 Å². The summed E-state index contributed by atoms with van der Waals surface area (Å²) in [7, 11) is -1.53. The minimum Gasteiger partial charge on any atom is -0.490 e. The summed E-state index contributed by atoms with van der Waals surface area (Å²) < 4.78 is 39.4. The van der Waals surface area contributed by atoms with E-state index in [-0.39, 0.29) is 4.90 Å². The topological polar surface area (TPSA) is 72.3 Å². The summed E-state index contributed by atoms with van der Waals surface area (Å²) in [5, 5.41) is 0. The molecule has 0 saturated carbocycles. The largest absolute Gasteiger partial charge is 0.490 e. The maximum atomic E-state index is 12.8. The molecular formula is C21H30N3O4S+. The third-order valence-corrected chi connectivity index (χ3v) is 6.31. The second-order valence-corrected chi connectivity index (χ2v) is 8.75. The van der Waals surface area contributed by atoms with Gasteiger partial charge in [-0.25, -0.2) is 8.42 Å². The number of sulfonamides is 1. The van der Waals surface area contributed by atoms with Gasteiger partial charge in [0.25, 0.3) is 10.0 Å². The van der Waals surface area contributed by atoms with Crippen molar-refractivity contribution in [3.8, 4) is 11.5 Å². The number of benzene rings is 2. The monoisotopic (exact) mass is 420 g/mol. The number of quaternary nitrogens is 1. The Morgan fingerprint density at radius 2 is 1.59 bits per heavy atom. The number of anilines is 2. The van der Waals surface area contributed by atoms with Crippen LogP contribution < -0.4 is 24.0 Å². The molecule has 1 aliphatic rings. The summed E-state index contributed by atoms with van der Waals surface area (Å²) in [6.45, 7) is 8.83. The molecule has 2 aromatic rings. The average molecular weight is 421 g/mol. The molecule has 0 aromatic heterocycles. The first-order valence-electron chi connectivity index (χ1n) is 10.0. The predicted octanol–water partition coefficient (Wildman–Crippen LogP) is 1.62. The number of ether oxygens (including phenoxy) is 2. The number of hydrogen-bond donors (Lipinski definition) is 2. The number of rotatable bonds is 8. The minimum atomic E-state index is -3.73. The minimum absolute atomic E-state index is 0.135. The molecule has 8 heteroatoms. The van der Waals surface area contributed by atoms with Crippen LogP contribution in [0.2, 0.25) is 0 Å². The van der Waals surface area contributed by atoms with E-state index in [1.54, 1.807) is 18.2 Å². The van der Waals surface area contributed by atoms with E-state index in [0.29, 0.717) is 30.4 Å². The maximum absolute atomic E-state index is 12.8. The van der Waals surface area contributed by atoms with Gasteiger partial charge in [0.1, 0.15) is 0 Å². The van der Waals surface area contributed by atoms with Crippen LogP contribution in [0, 0.1) is 0 Å². The van der Waals surface area contributed by atoms with Gasteiger partial charge in [-0.15, -0.1) is 0 Å². The van der Waals surface area contributed by atoms with Crippen molar-refractivity contribution in [1.82, 2.24) is 0 Å². The summed E-state index contributed by atoms with van der Waals surface area (Å²) in [6, 6.07) is 12.2. The van der Waals surface area contributed by atoms with E-state index >= 15 is 0 Å². The molecule has 0 aliphatic carbocycles. The molecule has 1 saturated heterocycles. The Hall–Kier alpha value is -2.45. The Balaban J connectivity index is 1.74. The molecule has 7 nitrogen and oxygen atoms in total. The van der Waals surface area contributed by atoms with Crippen molar-refractivity contribution < 1.29 is 22.8 Å². The molecule has 0 bridgehead atoms. The summed E-state index contributed by atoms with van der Waals surface area (Å²) in [6.07, 6.45) is 0. The van der Waals surface area contributed by atoms with Gasteiger partial charge in [0.15, 0.2) is 11.5 Å². The number of piperazine rings is 1. The molecule has 3 rings (SSSR count). The average Bonchev–Trinajstić information content (AvgIpc) is 2.70. The molecule has 0 radical (unpaired) electrons. The molecule has 1 aliphatic heterocycles. The number of likely N-dealkylation sites (N-methyl/N-ethyl adjacent to an activating group) is 1. The first-order valence-corrected chi connectivity index (χ1v) is 11.5. The zero-order chi connectivity index (χ0) is 20.9. The van der Waals surface area contributed by atoms with E-state index < -0.39 is 10.0 Å². The van der Waals surface area contributed by atoms with Gasteiger partial charge >= 0.3 is 0 Å². The molecule has 2 aromatic carbocycles. The van der Waals surface area contributed by atoms with Crippen LogP contribution in [0.25, 0.3) is 0 Å². The highest BCUT2D eigenvalue weighted by Crippen LogP contribution is 2.31. The van der Waals surface area contributed by atoms with Crippen molar-refractivity contribution in [2.45, 2.75) is 18.7 Å². The maximum Gasteiger partial charge on any atom is 0.262 e. The van der Waals surface area contributed by atoms with Gasteiger partial charge in [-0.3, -0.25) is 4.72 Å². The zero-order valence-corrected chi connectivity index (χ0v) is 18.1. The smallest absolute Gasteiger partial charge is 0.262 e. The summed E-state index contributed by atoms with van der Waals surface area (Å²) in [4.78, 5) is 3.99. The lowest BCUT2D eigenvalue weighted by Gasteiger charge is -2.31. The van der Waals surface area contributed by atoms with Crippen LogP contribution in [0.4, 0.5) is 11.4 Å². The fraction of sp³-hybridized carbons (Fsp3) is 0.429. The van der Waals surface area contributed by atoms with Gasteiger partial charge in [-0.2, -0.15) is 0 Å². The molecule has 1 fully saturated rings. The molecule has 1 heterocycles. The molecule has 29 heavy (non-hydrogen) atoms. The van der Waals surface area contributed by atoms with Gasteiger partial charge < -0.3 is 19.3 Å². The highest BCUT2D eigenvalue weighted by atomic mass is 32.2. The molecule has 2 N–H and O–H groups in total. The predicted molar refractivity (Wildman–Crippen MR) is 115 cm³/mol. The molecular weight excluding hydrogens is 390 g/mol. The van der Waals surface area contributed by atoms with Gasteiger partial charge in [-0.1, -0.05) is 0 Å². The van der Waals surface area contributed by atoms with Gasteiger partial charge in [0.05, 0.1) is 51.3 Å². The fourth-order valence-corrected chi connectivity index (χ4v) is 4.37. The normalized spacial score (nSPS) is 15.2. The van der Waals surface area contributed by atoms with Crippen LogP contribution in [0.5, 0.6) is 11.5 Å². The van der Waals surface area contributed by atoms with Crippen molar-refractivity contribution in [1.29, 1.82) is 0 Å². The molecule has 158 valence electrons. The summed E-state index contributed by atoms with van der Waals surface area (Å²) >= 11 is 0. The quantitative estimate of drug-likeness (QED) is 0.679. The second kappa shape index (κ2) is 9.37. The summed E-state index contributed by atoms with van der Waals surface area (Å²) in [5.41, 5.74) is 1.64. The van der Waals surface area contributed by atoms with Crippen molar-refractivity contribution in [3.63, 3.8) is 0 Å². The van der Waals surface area contributed by atoms with E-state index in [1.807, 2.05) is 26.0 Å². The first kappa shape index (κ1) is 21.3. The third-order valence-electron chi connectivity index (χ3n) is 4.93. The Morgan fingerprint density at radius 1 is 0.966 bits per heavy atom. The van der Waals surface area contributed by atoms with Gasteiger partial charge in [0, 0.05) is 17.4 Å². The molecule has 0 spiro atoms.